The van der Waals surface area contributed by atoms with Gasteiger partial charge in [-0.15, -0.1) is 0 Å². The number of nitro benzene ring substituents is 1. The van der Waals surface area contributed by atoms with Gasteiger partial charge in [0.05, 0.1) is 10.5 Å². The topological polar surface area (TPSA) is 105 Å². The Labute approximate surface area is 131 Å². The van der Waals surface area contributed by atoms with Crippen molar-refractivity contribution < 1.29 is 14.8 Å². The second-order valence-electron chi connectivity index (χ2n) is 4.44. The van der Waals surface area contributed by atoms with Gasteiger partial charge in [-0.05, 0) is 35.9 Å². The number of nitrogens with zero attached hydrogens (tertiary/aromatic N) is 2. The average molecular weight is 311 g/mol. The van der Waals surface area contributed by atoms with Crippen LogP contribution < -0.4 is 5.43 Å². The van der Waals surface area contributed by atoms with Crippen molar-refractivity contribution in [1.29, 1.82) is 0 Å². The monoisotopic (exact) mass is 311 g/mol. The number of allylic oxidation sites excluding steroid dienone is 1. The third-order valence-electron chi connectivity index (χ3n) is 2.87. The fourth-order valence-electron chi connectivity index (χ4n) is 1.73. The molecule has 0 atom stereocenters. The number of para-hydroxylation sites is 1. The summed E-state index contributed by atoms with van der Waals surface area (Å²) in [6.07, 6.45) is 4.62. The Kier molecular flexibility index (Phi) is 5.19. The van der Waals surface area contributed by atoms with Crippen LogP contribution in [-0.4, -0.2) is 22.2 Å². The summed E-state index contributed by atoms with van der Waals surface area (Å²) >= 11 is 0. The maximum absolute atomic E-state index is 11.7. The van der Waals surface area contributed by atoms with Gasteiger partial charge < -0.3 is 5.11 Å². The van der Waals surface area contributed by atoms with E-state index in [2.05, 4.69) is 10.5 Å². The normalized spacial score (nSPS) is 11.0. The molecule has 2 N–H and O–H groups in total. The van der Waals surface area contributed by atoms with Gasteiger partial charge in [-0.1, -0.05) is 18.2 Å². The van der Waals surface area contributed by atoms with Crippen molar-refractivity contribution in [3.63, 3.8) is 0 Å². The summed E-state index contributed by atoms with van der Waals surface area (Å²) in [6.45, 7) is 0. The molecule has 0 radical (unpaired) electrons. The lowest BCUT2D eigenvalue weighted by Crippen LogP contribution is -2.17. The minimum atomic E-state index is -0.525. The zero-order valence-corrected chi connectivity index (χ0v) is 11.9. The standard InChI is InChI=1S/C16H13N3O4/c20-15-6-2-1-5-14(15)16(21)18-17-11-3-4-12-7-9-13(10-8-12)19(22)23/h1-11,20H,(H,18,21)/b4-3+,17-11+. The molecule has 0 aliphatic heterocycles. The lowest BCUT2D eigenvalue weighted by molar-refractivity contribution is -0.384. The molecule has 0 saturated heterocycles. The van der Waals surface area contributed by atoms with Crippen molar-refractivity contribution in [2.24, 2.45) is 5.10 Å². The molecule has 7 nitrogen and oxygen atoms in total. The SMILES string of the molecule is O=C(N/N=C/C=C/c1ccc([N+](=O)[O-])cc1)c1ccccc1O. The van der Waals surface area contributed by atoms with Crippen molar-refractivity contribution in [3.8, 4) is 5.75 Å². The molecule has 0 unspecified atom stereocenters. The van der Waals surface area contributed by atoms with Crippen LogP contribution in [0.15, 0.2) is 59.7 Å². The fraction of sp³-hybridized carbons (Fsp3) is 0. The maximum atomic E-state index is 11.7. The van der Waals surface area contributed by atoms with Crippen LogP contribution in [0.2, 0.25) is 0 Å². The van der Waals surface area contributed by atoms with Gasteiger partial charge in [0.15, 0.2) is 0 Å². The number of carbonyl (C=O) groups excluding carboxylic acids is 1. The lowest BCUT2D eigenvalue weighted by Gasteiger charge is -2.01. The maximum Gasteiger partial charge on any atom is 0.275 e. The molecular formula is C16H13N3O4. The Morgan fingerprint density at radius 3 is 2.52 bits per heavy atom. The van der Waals surface area contributed by atoms with Gasteiger partial charge in [0, 0.05) is 18.3 Å². The minimum Gasteiger partial charge on any atom is -0.507 e. The number of amides is 1. The van der Waals surface area contributed by atoms with E-state index in [1.54, 1.807) is 36.4 Å². The molecule has 0 fully saturated rings. The van der Waals surface area contributed by atoms with Gasteiger partial charge in [-0.3, -0.25) is 14.9 Å². The highest BCUT2D eigenvalue weighted by Crippen LogP contribution is 2.15. The predicted octanol–water partition coefficient (Wildman–Crippen LogP) is 2.73. The highest BCUT2D eigenvalue weighted by molar-refractivity contribution is 5.97. The van der Waals surface area contributed by atoms with Crippen molar-refractivity contribution in [3.05, 3.63) is 75.8 Å². The summed E-state index contributed by atoms with van der Waals surface area (Å²) in [5.74, 6) is -0.648. The van der Waals surface area contributed by atoms with Gasteiger partial charge in [0.2, 0.25) is 0 Å². The number of non-ortho nitro benzene ring substituents is 1. The van der Waals surface area contributed by atoms with E-state index in [0.717, 1.165) is 5.56 Å². The lowest BCUT2D eigenvalue weighted by atomic mass is 10.2. The number of aromatic hydroxyl groups is 1. The molecule has 0 aromatic heterocycles. The first-order valence-electron chi connectivity index (χ1n) is 6.60. The minimum absolute atomic E-state index is 0.0192. The van der Waals surface area contributed by atoms with Gasteiger partial charge in [-0.25, -0.2) is 5.43 Å². The molecule has 1 amide bonds. The number of hydrogen-bond acceptors (Lipinski definition) is 5. The van der Waals surface area contributed by atoms with Crippen LogP contribution in [0, 0.1) is 10.1 Å². The van der Waals surface area contributed by atoms with E-state index in [-0.39, 0.29) is 17.0 Å². The van der Waals surface area contributed by atoms with Gasteiger partial charge in [0.1, 0.15) is 5.75 Å². The Morgan fingerprint density at radius 1 is 1.17 bits per heavy atom. The number of nitro groups is 1. The molecule has 0 aliphatic carbocycles. The predicted molar refractivity (Wildman–Crippen MR) is 86.2 cm³/mol. The fourth-order valence-corrected chi connectivity index (χ4v) is 1.73. The van der Waals surface area contributed by atoms with E-state index in [9.17, 15) is 20.0 Å². The number of hydrogen-bond donors (Lipinski definition) is 2. The second-order valence-corrected chi connectivity index (χ2v) is 4.44. The number of phenolic OH excluding ortho intramolecular Hbond substituents is 1. The molecule has 2 aromatic rings. The van der Waals surface area contributed by atoms with Gasteiger partial charge in [0.25, 0.3) is 11.6 Å². The third kappa shape index (κ3) is 4.50. The molecular weight excluding hydrogens is 298 g/mol. The Hall–Kier alpha value is -3.48. The summed E-state index contributed by atoms with van der Waals surface area (Å²) in [6, 6.07) is 12.1. The first-order valence-corrected chi connectivity index (χ1v) is 6.60. The number of nitrogens with one attached hydrogen (secondary N) is 1. The molecule has 0 aliphatic rings. The van der Waals surface area contributed by atoms with Gasteiger partial charge in [-0.2, -0.15) is 5.10 Å². The molecule has 7 heteroatoms. The van der Waals surface area contributed by atoms with Gasteiger partial charge >= 0.3 is 0 Å². The molecule has 0 spiro atoms. The van der Waals surface area contributed by atoms with E-state index in [1.165, 1.54) is 30.5 Å². The third-order valence-corrected chi connectivity index (χ3v) is 2.87. The van der Waals surface area contributed by atoms with Crippen LogP contribution in [0.5, 0.6) is 5.75 Å². The van der Waals surface area contributed by atoms with Crippen LogP contribution in [-0.2, 0) is 0 Å². The number of hydrazone groups is 1. The molecule has 0 saturated carbocycles. The van der Waals surface area contributed by atoms with E-state index in [1.807, 2.05) is 0 Å². The largest absolute Gasteiger partial charge is 0.507 e. The quantitative estimate of drug-likeness (QED) is 0.503. The van der Waals surface area contributed by atoms with Crippen LogP contribution >= 0.6 is 0 Å². The molecule has 0 bridgehead atoms. The van der Waals surface area contributed by atoms with Crippen molar-refractivity contribution in [2.45, 2.75) is 0 Å². The van der Waals surface area contributed by atoms with E-state index in [4.69, 9.17) is 0 Å². The van der Waals surface area contributed by atoms with Crippen LogP contribution in [0.1, 0.15) is 15.9 Å². The zero-order valence-electron chi connectivity index (χ0n) is 11.9. The Balaban J connectivity index is 1.90. The molecule has 0 heterocycles. The molecule has 23 heavy (non-hydrogen) atoms. The number of benzene rings is 2. The van der Waals surface area contributed by atoms with Crippen molar-refractivity contribution in [1.82, 2.24) is 5.43 Å². The summed E-state index contributed by atoms with van der Waals surface area (Å²) < 4.78 is 0. The smallest absolute Gasteiger partial charge is 0.275 e. The first kappa shape index (κ1) is 15.9. The zero-order chi connectivity index (χ0) is 16.7. The van der Waals surface area contributed by atoms with Crippen LogP contribution in [0.3, 0.4) is 0 Å². The summed E-state index contributed by atoms with van der Waals surface area (Å²) in [5.41, 5.74) is 3.19. The molecule has 2 rings (SSSR count). The number of phenols is 1. The second kappa shape index (κ2) is 7.51. The average Bonchev–Trinajstić information content (AvgIpc) is 2.55. The van der Waals surface area contributed by atoms with E-state index < -0.39 is 10.8 Å². The molecule has 116 valence electrons. The highest BCUT2D eigenvalue weighted by atomic mass is 16.6. The summed E-state index contributed by atoms with van der Waals surface area (Å²) in [5, 5.41) is 23.8. The van der Waals surface area contributed by atoms with E-state index >= 15 is 0 Å². The van der Waals surface area contributed by atoms with Crippen LogP contribution in [0.4, 0.5) is 5.69 Å². The van der Waals surface area contributed by atoms with E-state index in [0.29, 0.717) is 0 Å². The number of rotatable bonds is 5. The van der Waals surface area contributed by atoms with Crippen LogP contribution in [0.25, 0.3) is 6.08 Å². The number of carbonyl (C=O) groups is 1. The summed E-state index contributed by atoms with van der Waals surface area (Å²) in [4.78, 5) is 21.8. The Bertz CT molecular complexity index is 767. The summed E-state index contributed by atoms with van der Waals surface area (Å²) in [7, 11) is 0. The van der Waals surface area contributed by atoms with Crippen molar-refractivity contribution in [2.75, 3.05) is 0 Å². The molecule has 2 aromatic carbocycles. The highest BCUT2D eigenvalue weighted by Gasteiger charge is 2.08. The van der Waals surface area contributed by atoms with Crippen molar-refractivity contribution >= 4 is 23.9 Å². The first-order chi connectivity index (χ1) is 11.1. The Morgan fingerprint density at radius 2 is 1.87 bits per heavy atom.